The van der Waals surface area contributed by atoms with Crippen molar-refractivity contribution in [2.75, 3.05) is 13.2 Å². The van der Waals surface area contributed by atoms with Crippen molar-refractivity contribution in [3.05, 3.63) is 0 Å². The molecule has 0 aliphatic heterocycles. The van der Waals surface area contributed by atoms with Crippen LogP contribution in [0.5, 0.6) is 0 Å². The van der Waals surface area contributed by atoms with E-state index in [1.807, 2.05) is 0 Å². The summed E-state index contributed by atoms with van der Waals surface area (Å²) in [7, 11) is 0. The van der Waals surface area contributed by atoms with Crippen LogP contribution < -0.4 is 0 Å². The molecule has 0 spiro atoms. The van der Waals surface area contributed by atoms with Crippen molar-refractivity contribution in [1.82, 2.24) is 0 Å². The van der Waals surface area contributed by atoms with Crippen molar-refractivity contribution in [3.8, 4) is 0 Å². The summed E-state index contributed by atoms with van der Waals surface area (Å²) < 4.78 is 14.0. The summed E-state index contributed by atoms with van der Waals surface area (Å²) >= 11 is -2.07. The Morgan fingerprint density at radius 1 is 0.652 bits per heavy atom. The third-order valence-electron chi connectivity index (χ3n) is 4.78. The van der Waals surface area contributed by atoms with Crippen LogP contribution in [0.15, 0.2) is 0 Å². The first kappa shape index (κ1) is 23.7. The maximum atomic E-state index is 6.37. The molecule has 2 unspecified atom stereocenters. The van der Waals surface area contributed by atoms with Gasteiger partial charge < -0.3 is 0 Å². The second kappa shape index (κ2) is 17.5. The first-order valence-electron chi connectivity index (χ1n) is 10.3. The molecule has 0 aliphatic carbocycles. The van der Waals surface area contributed by atoms with Crippen LogP contribution >= 0.6 is 0 Å². The summed E-state index contributed by atoms with van der Waals surface area (Å²) in [4.78, 5) is 0. The van der Waals surface area contributed by atoms with Crippen LogP contribution in [-0.2, 0) is 6.15 Å². The molecule has 0 amide bonds. The number of hydrogen-bond acceptors (Lipinski definition) is 2. The predicted molar refractivity (Wildman–Crippen MR) is 104 cm³/mol. The van der Waals surface area contributed by atoms with Crippen molar-refractivity contribution in [3.63, 3.8) is 0 Å². The van der Waals surface area contributed by atoms with Gasteiger partial charge in [0.15, 0.2) is 0 Å². The summed E-state index contributed by atoms with van der Waals surface area (Å²) in [5.74, 6) is 1.50. The molecule has 0 aromatic rings. The minimum absolute atomic E-state index is 0.748. The second-order valence-electron chi connectivity index (χ2n) is 6.93. The van der Waals surface area contributed by atoms with Crippen molar-refractivity contribution in [2.45, 2.75) is 103 Å². The van der Waals surface area contributed by atoms with E-state index in [2.05, 4.69) is 34.6 Å². The molecule has 0 saturated carbocycles. The van der Waals surface area contributed by atoms with Gasteiger partial charge in [-0.15, -0.1) is 0 Å². The van der Waals surface area contributed by atoms with E-state index in [0.717, 1.165) is 25.0 Å². The maximum absolute atomic E-state index is 6.37. The third-order valence-corrected chi connectivity index (χ3v) is 9.74. The fraction of sp³-hybridized carbons (Fsp3) is 1.00. The van der Waals surface area contributed by atoms with E-state index < -0.39 is 20.6 Å². The summed E-state index contributed by atoms with van der Waals surface area (Å²) in [6.45, 7) is 13.4. The van der Waals surface area contributed by atoms with E-state index in [0.29, 0.717) is 0 Å². The Hall–Kier alpha value is 0.719. The summed E-state index contributed by atoms with van der Waals surface area (Å²) in [6, 6.07) is 0. The number of rotatable bonds is 17. The van der Waals surface area contributed by atoms with E-state index in [1.165, 1.54) is 68.6 Å². The number of unbranched alkanes of at least 4 members (excludes halogenated alkanes) is 3. The van der Waals surface area contributed by atoms with Crippen molar-refractivity contribution in [2.24, 2.45) is 11.8 Å². The molecule has 0 rings (SSSR count). The summed E-state index contributed by atoms with van der Waals surface area (Å²) in [5, 5.41) is 0. The molecule has 2 atom stereocenters. The van der Waals surface area contributed by atoms with Crippen LogP contribution in [-0.4, -0.2) is 33.8 Å². The molecule has 23 heavy (non-hydrogen) atoms. The van der Waals surface area contributed by atoms with E-state index in [9.17, 15) is 0 Å². The predicted octanol–water partition coefficient (Wildman–Crippen LogP) is 6.74. The quantitative estimate of drug-likeness (QED) is 0.236. The van der Waals surface area contributed by atoms with Gasteiger partial charge >= 0.3 is 155 Å². The Kier molecular flexibility index (Phi) is 18.1. The van der Waals surface area contributed by atoms with E-state index in [1.54, 1.807) is 0 Å². The van der Waals surface area contributed by atoms with Gasteiger partial charge in [0, 0.05) is 0 Å². The van der Waals surface area contributed by atoms with Crippen molar-refractivity contribution >= 4 is 20.6 Å². The molecule has 0 saturated heterocycles. The molecule has 0 aromatic heterocycles. The second-order valence-corrected chi connectivity index (χ2v) is 12.1. The Morgan fingerprint density at radius 2 is 1.09 bits per heavy atom. The first-order valence-corrected chi connectivity index (χ1v) is 14.7. The third kappa shape index (κ3) is 13.7. The molecular weight excluding hydrogens is 391 g/mol. The van der Waals surface area contributed by atoms with Gasteiger partial charge in [0.05, 0.1) is 0 Å². The Morgan fingerprint density at radius 3 is 1.43 bits per heavy atom. The molecule has 0 heterocycles. The Labute approximate surface area is 154 Å². The van der Waals surface area contributed by atoms with Crippen LogP contribution in [0.4, 0.5) is 0 Å². The zero-order valence-electron chi connectivity index (χ0n) is 16.7. The van der Waals surface area contributed by atoms with Gasteiger partial charge in [-0.3, -0.25) is 0 Å². The zero-order valence-corrected chi connectivity index (χ0v) is 19.5. The van der Waals surface area contributed by atoms with Gasteiger partial charge in [-0.25, -0.2) is 0 Å². The van der Waals surface area contributed by atoms with Gasteiger partial charge in [-0.1, -0.05) is 0 Å². The average Bonchev–Trinajstić information content (AvgIpc) is 2.58. The molecule has 3 heteroatoms. The Bertz CT molecular complexity index is 216. The normalized spacial score (nSPS) is 14.3. The standard InChI is InChI=1S/2C8H17O.C4H9.Sn/c2*1-3-5-6-8(4-2)7-9;1-3-4-2;/h2*8H,3-7H2,1-2H3;1,3-4H2,2H3;/q2*-1;;+2. The summed E-state index contributed by atoms with van der Waals surface area (Å²) in [5.41, 5.74) is 0. The van der Waals surface area contributed by atoms with Crippen LogP contribution in [0, 0.1) is 11.8 Å². The minimum atomic E-state index is -2.07. The monoisotopic (exact) mass is 435 g/mol. The fourth-order valence-corrected chi connectivity index (χ4v) is 8.03. The molecule has 2 nitrogen and oxygen atoms in total. The van der Waals surface area contributed by atoms with Crippen LogP contribution in [0.25, 0.3) is 0 Å². The van der Waals surface area contributed by atoms with E-state index in [4.69, 9.17) is 6.15 Å². The zero-order chi connectivity index (χ0) is 17.3. The number of hydrogen-bond donors (Lipinski definition) is 0. The average molecular weight is 434 g/mol. The van der Waals surface area contributed by atoms with Crippen LogP contribution in [0.3, 0.4) is 0 Å². The molecule has 0 aromatic carbocycles. The molecule has 1 radical (unpaired) electrons. The summed E-state index contributed by atoms with van der Waals surface area (Å²) in [6.07, 6.45) is 13.0. The van der Waals surface area contributed by atoms with Gasteiger partial charge in [0.25, 0.3) is 0 Å². The molecule has 0 aliphatic rings. The molecule has 139 valence electrons. The molecule has 0 bridgehead atoms. The van der Waals surface area contributed by atoms with Crippen molar-refractivity contribution in [1.29, 1.82) is 0 Å². The van der Waals surface area contributed by atoms with Gasteiger partial charge in [-0.05, 0) is 0 Å². The van der Waals surface area contributed by atoms with Crippen LogP contribution in [0.2, 0.25) is 4.44 Å². The molecule has 0 fully saturated rings. The Balaban J connectivity index is 4.21. The van der Waals surface area contributed by atoms with Gasteiger partial charge in [0.1, 0.15) is 0 Å². The van der Waals surface area contributed by atoms with E-state index >= 15 is 0 Å². The first-order chi connectivity index (χ1) is 11.2. The van der Waals surface area contributed by atoms with E-state index in [-0.39, 0.29) is 0 Å². The molecular formula is C20H43O2Sn. The van der Waals surface area contributed by atoms with Crippen molar-refractivity contribution < 1.29 is 6.15 Å². The SMILES string of the molecule is CCCCC(CC)C[O][Sn]([CH2]CCC)[O]CC(CC)CCCC. The van der Waals surface area contributed by atoms with Gasteiger partial charge in [-0.2, -0.15) is 0 Å². The topological polar surface area (TPSA) is 18.5 Å². The van der Waals surface area contributed by atoms with Gasteiger partial charge in [0.2, 0.25) is 0 Å². The molecule has 0 N–H and O–H groups in total. The van der Waals surface area contributed by atoms with Crippen LogP contribution in [0.1, 0.15) is 98.8 Å². The fourth-order valence-electron chi connectivity index (χ4n) is 2.72.